The summed E-state index contributed by atoms with van der Waals surface area (Å²) in [7, 11) is 5.94. The molecule has 1 atom stereocenters. The lowest BCUT2D eigenvalue weighted by Gasteiger charge is -2.47. The number of likely N-dealkylation sites (tertiary alicyclic amines) is 1. The average Bonchev–Trinajstić information content (AvgIpc) is 3.59. The monoisotopic (exact) mass is 565 g/mol. The Balaban J connectivity index is 1.33. The molecule has 1 saturated carbocycles. The maximum atomic E-state index is 13.7. The van der Waals surface area contributed by atoms with Crippen molar-refractivity contribution in [3.8, 4) is 6.07 Å². The fraction of sp³-hybridized carbons (Fsp3) is 0.469. The van der Waals surface area contributed by atoms with E-state index in [4.69, 9.17) is 4.98 Å². The van der Waals surface area contributed by atoms with Crippen LogP contribution in [-0.4, -0.2) is 62.7 Å². The van der Waals surface area contributed by atoms with Gasteiger partial charge in [-0.05, 0) is 85.5 Å². The zero-order valence-electron chi connectivity index (χ0n) is 24.9. The molecule has 2 aliphatic rings. The molecular weight excluding hydrogens is 526 g/mol. The van der Waals surface area contributed by atoms with E-state index < -0.39 is 0 Å². The molecule has 4 aromatic rings. The van der Waals surface area contributed by atoms with Crippen molar-refractivity contribution in [3.05, 3.63) is 65.5 Å². The molecule has 1 aliphatic carbocycles. The number of carbonyl (C=O) groups is 1. The van der Waals surface area contributed by atoms with Crippen molar-refractivity contribution < 1.29 is 4.79 Å². The quantitative estimate of drug-likeness (QED) is 0.313. The number of pyridine rings is 1. The second-order valence-electron chi connectivity index (χ2n) is 12.5. The lowest BCUT2D eigenvalue weighted by Crippen LogP contribution is -2.44. The summed E-state index contributed by atoms with van der Waals surface area (Å²) in [5.41, 5.74) is 5.64. The first kappa shape index (κ1) is 27.9. The van der Waals surface area contributed by atoms with Gasteiger partial charge in [-0.2, -0.15) is 5.26 Å². The van der Waals surface area contributed by atoms with Gasteiger partial charge in [0.05, 0.1) is 22.5 Å². The highest BCUT2D eigenvalue weighted by Crippen LogP contribution is 2.53. The van der Waals surface area contributed by atoms with Gasteiger partial charge in [0.2, 0.25) is 0 Å². The highest BCUT2D eigenvalue weighted by molar-refractivity contribution is 6.04. The summed E-state index contributed by atoms with van der Waals surface area (Å²) < 4.78 is 1.96. The van der Waals surface area contributed by atoms with Gasteiger partial charge in [-0.25, -0.2) is 4.98 Å². The molecule has 10 nitrogen and oxygen atoms in total. The van der Waals surface area contributed by atoms with E-state index in [0.29, 0.717) is 29.6 Å². The zero-order valence-corrected chi connectivity index (χ0v) is 24.9. The van der Waals surface area contributed by atoms with E-state index in [1.807, 2.05) is 61.1 Å². The maximum Gasteiger partial charge on any atom is 0.274 e. The minimum Gasteiger partial charge on any atom is -0.378 e. The first-order valence-electron chi connectivity index (χ1n) is 14.8. The Morgan fingerprint density at radius 2 is 2.10 bits per heavy atom. The number of nitriles is 1. The van der Waals surface area contributed by atoms with Crippen molar-refractivity contribution in [2.24, 2.45) is 18.9 Å². The molecule has 0 radical (unpaired) electrons. The molecule has 1 aromatic carbocycles. The minimum absolute atomic E-state index is 0.239. The molecule has 1 saturated heterocycles. The zero-order chi connectivity index (χ0) is 29.4. The number of rotatable bonds is 8. The van der Waals surface area contributed by atoms with Gasteiger partial charge in [-0.15, -0.1) is 10.2 Å². The van der Waals surface area contributed by atoms with Crippen molar-refractivity contribution in [2.45, 2.75) is 51.0 Å². The molecule has 0 spiro atoms. The van der Waals surface area contributed by atoms with Gasteiger partial charge in [0.1, 0.15) is 17.8 Å². The topological polar surface area (TPSA) is 119 Å². The van der Waals surface area contributed by atoms with Crippen LogP contribution >= 0.6 is 0 Å². The minimum atomic E-state index is -0.376. The van der Waals surface area contributed by atoms with E-state index in [1.165, 1.54) is 12.8 Å². The summed E-state index contributed by atoms with van der Waals surface area (Å²) in [4.78, 5) is 26.3. The van der Waals surface area contributed by atoms with Gasteiger partial charge in [0, 0.05) is 58.2 Å². The predicted octanol–water partition coefficient (Wildman–Crippen LogP) is 4.85. The molecule has 3 aromatic heterocycles. The van der Waals surface area contributed by atoms with Gasteiger partial charge >= 0.3 is 0 Å². The Morgan fingerprint density at radius 3 is 2.81 bits per heavy atom. The fourth-order valence-corrected chi connectivity index (χ4v) is 6.90. The molecule has 42 heavy (non-hydrogen) atoms. The third-order valence-electron chi connectivity index (χ3n) is 9.00. The van der Waals surface area contributed by atoms with Crippen LogP contribution in [-0.2, 0) is 19.0 Å². The van der Waals surface area contributed by atoms with Crippen LogP contribution in [0, 0.1) is 23.2 Å². The van der Waals surface area contributed by atoms with Crippen LogP contribution in [0.3, 0.4) is 0 Å². The first-order valence-corrected chi connectivity index (χ1v) is 14.8. The van der Waals surface area contributed by atoms with Gasteiger partial charge in [-0.1, -0.05) is 6.92 Å². The normalized spacial score (nSPS) is 22.5. The molecule has 0 bridgehead atoms. The molecule has 2 fully saturated rings. The van der Waals surface area contributed by atoms with Crippen LogP contribution in [0.15, 0.2) is 42.9 Å². The van der Waals surface area contributed by atoms with Crippen LogP contribution in [0.4, 0.5) is 11.4 Å². The van der Waals surface area contributed by atoms with Gasteiger partial charge < -0.3 is 19.8 Å². The number of piperidine rings is 1. The Morgan fingerprint density at radius 1 is 1.26 bits per heavy atom. The number of benzene rings is 1. The number of amides is 1. The number of carbonyl (C=O) groups excluding carboxylic acids is 1. The van der Waals surface area contributed by atoms with Gasteiger partial charge in [-0.3, -0.25) is 9.69 Å². The highest BCUT2D eigenvalue weighted by atomic mass is 16.1. The highest BCUT2D eigenvalue weighted by Gasteiger charge is 2.50. The van der Waals surface area contributed by atoms with E-state index in [-0.39, 0.29) is 11.3 Å². The summed E-state index contributed by atoms with van der Waals surface area (Å²) in [6.45, 7) is 5.22. The maximum absolute atomic E-state index is 13.7. The summed E-state index contributed by atoms with van der Waals surface area (Å²) in [6.07, 6.45) is 8.21. The summed E-state index contributed by atoms with van der Waals surface area (Å²) >= 11 is 0. The number of hydrogen-bond donors (Lipinski definition) is 2. The number of hydrogen-bond acceptors (Lipinski definition) is 7. The van der Waals surface area contributed by atoms with E-state index in [2.05, 4.69) is 44.5 Å². The summed E-state index contributed by atoms with van der Waals surface area (Å²) in [5.74, 6) is 1.61. The predicted molar refractivity (Wildman–Crippen MR) is 163 cm³/mol. The van der Waals surface area contributed by atoms with E-state index >= 15 is 0 Å². The number of H-pyrrole nitrogens is 1. The van der Waals surface area contributed by atoms with Crippen LogP contribution in [0.1, 0.15) is 66.5 Å². The van der Waals surface area contributed by atoms with Crippen molar-refractivity contribution >= 4 is 28.3 Å². The van der Waals surface area contributed by atoms with E-state index in [1.54, 1.807) is 6.33 Å². The number of aryl methyl sites for hydroxylation is 1. The largest absolute Gasteiger partial charge is 0.378 e. The second kappa shape index (κ2) is 11.2. The number of nitrogens with one attached hydrogen (secondary N) is 2. The molecule has 1 aliphatic heterocycles. The molecule has 2 N–H and O–H groups in total. The fourth-order valence-electron chi connectivity index (χ4n) is 6.90. The average molecular weight is 566 g/mol. The SMILES string of the molecule is C[C@H]1CCCN(Cc2cc(C(=O)Nc3cc(N(C)C)cc(C4(c5nncn5C)CC(CC#N)C4)c3)nc3cc[nH]c23)C1. The lowest BCUT2D eigenvalue weighted by molar-refractivity contribution is 0.102. The van der Waals surface area contributed by atoms with Crippen molar-refractivity contribution in [3.63, 3.8) is 0 Å². The van der Waals surface area contributed by atoms with Crippen molar-refractivity contribution in [1.82, 2.24) is 29.6 Å². The first-order chi connectivity index (χ1) is 20.3. The Kier molecular flexibility index (Phi) is 7.45. The Labute approximate surface area is 246 Å². The van der Waals surface area contributed by atoms with Gasteiger partial charge in [0.15, 0.2) is 0 Å². The van der Waals surface area contributed by atoms with Crippen molar-refractivity contribution in [1.29, 1.82) is 5.26 Å². The van der Waals surface area contributed by atoms with Crippen molar-refractivity contribution in [2.75, 3.05) is 37.4 Å². The molecule has 218 valence electrons. The van der Waals surface area contributed by atoms with E-state index in [9.17, 15) is 10.1 Å². The Hall–Kier alpha value is -4.23. The van der Waals surface area contributed by atoms with Gasteiger partial charge in [0.25, 0.3) is 5.91 Å². The molecule has 1 amide bonds. The summed E-state index contributed by atoms with van der Waals surface area (Å²) in [6, 6.07) is 12.4. The molecule has 6 rings (SSSR count). The number of aromatic nitrogens is 5. The third-order valence-corrected chi connectivity index (χ3v) is 9.00. The second-order valence-corrected chi connectivity index (χ2v) is 12.5. The number of anilines is 2. The van der Waals surface area contributed by atoms with E-state index in [0.717, 1.165) is 66.1 Å². The number of fused-ring (bicyclic) bond motifs is 1. The van der Waals surface area contributed by atoms with Crippen LogP contribution in [0.25, 0.3) is 11.0 Å². The third kappa shape index (κ3) is 5.25. The van der Waals surface area contributed by atoms with Crippen LogP contribution in [0.2, 0.25) is 0 Å². The summed E-state index contributed by atoms with van der Waals surface area (Å²) in [5, 5.41) is 21.1. The molecule has 0 unspecified atom stereocenters. The smallest absolute Gasteiger partial charge is 0.274 e. The standard InChI is InChI=1S/C32H39N9O/c1-21-6-5-11-41(18-21)19-23-12-28(37-27-8-10-34-29(23)27)30(42)36-25-13-24(14-26(15-25)39(2)3)32(16-22(17-32)7-9-33)31-38-35-20-40(31)4/h8,10,12-15,20-22,34H,5-7,11,16-19H2,1-4H3,(H,36,42)/t21-,22?,32?/m0/s1. The van der Waals surface area contributed by atoms with Crippen LogP contribution < -0.4 is 10.2 Å². The molecular formula is C32H39N9O. The number of nitrogens with zero attached hydrogens (tertiary/aromatic N) is 7. The lowest BCUT2D eigenvalue weighted by atomic mass is 9.57. The Bertz CT molecular complexity index is 1640. The number of aromatic amines is 1. The van der Waals surface area contributed by atoms with Crippen LogP contribution in [0.5, 0.6) is 0 Å². The molecule has 4 heterocycles. The molecule has 10 heteroatoms.